The average Bonchev–Trinajstić information content (AvgIpc) is 2.95. The maximum Gasteiger partial charge on any atom is 0.881 e. The maximum absolute atomic E-state index is 6.02. The molecule has 1 aromatic heterocycles. The van der Waals surface area contributed by atoms with Crippen LogP contribution in [0.2, 0.25) is 0 Å². The topological polar surface area (TPSA) is 34.6 Å². The molecule has 0 bridgehead atoms. The molecule has 37 heavy (non-hydrogen) atoms. The van der Waals surface area contributed by atoms with Crippen LogP contribution in [-0.4, -0.2) is 20.9 Å². The van der Waals surface area contributed by atoms with E-state index in [2.05, 4.69) is 94.8 Å². The van der Waals surface area contributed by atoms with Crippen molar-refractivity contribution >= 4 is 54.6 Å². The summed E-state index contributed by atoms with van der Waals surface area (Å²) < 4.78 is 12.0. The lowest BCUT2D eigenvalue weighted by molar-refractivity contribution is 0.461. The molecule has 6 aromatic rings. The molecule has 0 fully saturated rings. The first-order chi connectivity index (χ1) is 18.2. The second-order valence-electron chi connectivity index (χ2n) is 8.81. The minimum Gasteiger partial charge on any atom is -0.616 e. The van der Waals surface area contributed by atoms with Crippen LogP contribution in [0.1, 0.15) is 5.69 Å². The largest absolute Gasteiger partial charge is 0.881 e. The van der Waals surface area contributed by atoms with Crippen LogP contribution in [-0.2, 0) is 0 Å². The molecule has 1 heterocycles. The number of fused-ring (bicyclic) bond motifs is 2. The molecule has 6 rings (SSSR count). The van der Waals surface area contributed by atoms with Crippen LogP contribution in [0.15, 0.2) is 127 Å². The second kappa shape index (κ2) is 10.4. The van der Waals surface area contributed by atoms with Crippen molar-refractivity contribution in [3.8, 4) is 11.5 Å². The lowest BCUT2D eigenvalue weighted by atomic mass is 10.1. The SMILES string of the molecule is Cc1ccc2cccc([O][Al][O]c3ccc(N(c4ccccc4)c4ccc5ccccc5c4)cc3)c2n1. The standard InChI is InChI=1S/C22H17NO.C10H9NO.Al/c24-22-14-12-20(13-15-22)23(19-8-2-1-3-9-19)21-11-10-17-6-4-5-7-18(17)16-21;1-7-5-6-8-3-2-4-9(12)10(8)11-7;/h1-16,24H;2-6,12H,1H3;/q;;+2/p-2. The summed E-state index contributed by atoms with van der Waals surface area (Å²) >= 11 is -0.738. The number of nitrogens with zero attached hydrogens (tertiary/aromatic N) is 2. The number of benzene rings is 5. The highest BCUT2D eigenvalue weighted by Crippen LogP contribution is 2.36. The summed E-state index contributed by atoms with van der Waals surface area (Å²) in [5, 5.41) is 3.49. The van der Waals surface area contributed by atoms with E-state index in [1.54, 1.807) is 0 Å². The third-order valence-electron chi connectivity index (χ3n) is 6.28. The predicted molar refractivity (Wildman–Crippen MR) is 152 cm³/mol. The summed E-state index contributed by atoms with van der Waals surface area (Å²) in [5.74, 6) is 1.52. The van der Waals surface area contributed by atoms with Crippen LogP contribution in [0.25, 0.3) is 21.7 Å². The Kier molecular flexibility index (Phi) is 6.48. The molecule has 0 spiro atoms. The van der Waals surface area contributed by atoms with Gasteiger partial charge in [-0.15, -0.1) is 0 Å². The molecule has 0 saturated carbocycles. The fraction of sp³-hybridized carbons (Fsp3) is 0.0312. The lowest BCUT2D eigenvalue weighted by Gasteiger charge is -2.26. The second-order valence-corrected chi connectivity index (χ2v) is 9.47. The summed E-state index contributed by atoms with van der Waals surface area (Å²) in [4.78, 5) is 6.89. The number of rotatable bonds is 7. The van der Waals surface area contributed by atoms with E-state index in [9.17, 15) is 0 Å². The van der Waals surface area contributed by atoms with Crippen molar-refractivity contribution in [3.05, 3.63) is 133 Å². The van der Waals surface area contributed by atoms with Crippen LogP contribution in [0.5, 0.6) is 11.5 Å². The van der Waals surface area contributed by atoms with E-state index >= 15 is 0 Å². The number of para-hydroxylation sites is 2. The molecule has 5 heteroatoms. The van der Waals surface area contributed by atoms with E-state index in [0.717, 1.165) is 45.2 Å². The minimum absolute atomic E-state index is 0.738. The smallest absolute Gasteiger partial charge is 0.616 e. The van der Waals surface area contributed by atoms with Gasteiger partial charge in [-0.3, -0.25) is 0 Å². The monoisotopic (exact) mass is 495 g/mol. The molecule has 0 amide bonds. The fourth-order valence-electron chi connectivity index (χ4n) is 4.46. The predicted octanol–water partition coefficient (Wildman–Crippen LogP) is 8.16. The van der Waals surface area contributed by atoms with Gasteiger partial charge in [0.2, 0.25) is 0 Å². The third kappa shape index (κ3) is 5.01. The molecule has 5 aromatic carbocycles. The maximum atomic E-state index is 6.02. The molecule has 0 unspecified atom stereocenters. The number of anilines is 3. The summed E-state index contributed by atoms with van der Waals surface area (Å²) in [6.07, 6.45) is 0. The zero-order valence-corrected chi connectivity index (χ0v) is 21.6. The van der Waals surface area contributed by atoms with Gasteiger partial charge in [0.1, 0.15) is 11.3 Å². The van der Waals surface area contributed by atoms with Crippen LogP contribution in [0.3, 0.4) is 0 Å². The van der Waals surface area contributed by atoms with Gasteiger partial charge in [-0.05, 0) is 78.4 Å². The molecule has 4 nitrogen and oxygen atoms in total. The Bertz CT molecular complexity index is 1670. The third-order valence-corrected chi connectivity index (χ3v) is 7.00. The molecule has 0 N–H and O–H groups in total. The van der Waals surface area contributed by atoms with Gasteiger partial charge < -0.3 is 12.5 Å². The Labute approximate surface area is 223 Å². The Morgan fingerprint density at radius 2 is 1.24 bits per heavy atom. The first-order valence-electron chi connectivity index (χ1n) is 12.2. The van der Waals surface area contributed by atoms with Gasteiger partial charge in [0.15, 0.2) is 0 Å². The van der Waals surface area contributed by atoms with Gasteiger partial charge in [0.05, 0.1) is 5.75 Å². The Hall–Kier alpha value is -4.30. The van der Waals surface area contributed by atoms with Crippen LogP contribution in [0, 0.1) is 6.92 Å². The summed E-state index contributed by atoms with van der Waals surface area (Å²) in [6, 6.07) is 43.6. The molecule has 1 radical (unpaired) electrons. The highest BCUT2D eigenvalue weighted by Gasteiger charge is 2.14. The molecule has 0 aliphatic rings. The Balaban J connectivity index is 1.23. The van der Waals surface area contributed by atoms with Gasteiger partial charge in [0, 0.05) is 28.1 Å². The molecule has 0 aliphatic heterocycles. The number of aryl methyl sites for hydroxylation is 1. The Morgan fingerprint density at radius 1 is 0.568 bits per heavy atom. The summed E-state index contributed by atoms with van der Waals surface area (Å²) in [6.45, 7) is 1.98. The van der Waals surface area contributed by atoms with E-state index in [-0.39, 0.29) is 0 Å². The first-order valence-corrected chi connectivity index (χ1v) is 13.1. The van der Waals surface area contributed by atoms with Crippen molar-refractivity contribution in [1.29, 1.82) is 0 Å². The zero-order chi connectivity index (χ0) is 25.0. The van der Waals surface area contributed by atoms with Crippen molar-refractivity contribution in [1.82, 2.24) is 4.98 Å². The summed E-state index contributed by atoms with van der Waals surface area (Å²) in [7, 11) is 0. The minimum atomic E-state index is -0.738. The van der Waals surface area contributed by atoms with Crippen molar-refractivity contribution in [3.63, 3.8) is 0 Å². The number of hydrogen-bond acceptors (Lipinski definition) is 4. The van der Waals surface area contributed by atoms with Crippen molar-refractivity contribution in [2.24, 2.45) is 0 Å². The average molecular weight is 496 g/mol. The highest BCUT2D eigenvalue weighted by molar-refractivity contribution is 6.21. The van der Waals surface area contributed by atoms with Gasteiger partial charge in [-0.1, -0.05) is 66.7 Å². The molecule has 0 atom stereocenters. The zero-order valence-electron chi connectivity index (χ0n) is 20.4. The van der Waals surface area contributed by atoms with Gasteiger partial charge in [-0.25, -0.2) is 4.98 Å². The van der Waals surface area contributed by atoms with Crippen LogP contribution >= 0.6 is 0 Å². The van der Waals surface area contributed by atoms with Gasteiger partial charge >= 0.3 is 15.9 Å². The van der Waals surface area contributed by atoms with E-state index in [4.69, 9.17) is 7.58 Å². The normalized spacial score (nSPS) is 10.8. The van der Waals surface area contributed by atoms with E-state index in [1.165, 1.54) is 10.8 Å². The van der Waals surface area contributed by atoms with Crippen LogP contribution < -0.4 is 12.5 Å². The van der Waals surface area contributed by atoms with E-state index < -0.39 is 15.9 Å². The van der Waals surface area contributed by atoms with Crippen molar-refractivity contribution in [2.75, 3.05) is 4.90 Å². The summed E-state index contributed by atoms with van der Waals surface area (Å²) in [5.41, 5.74) is 5.08. The van der Waals surface area contributed by atoms with Gasteiger partial charge in [0.25, 0.3) is 0 Å². The number of aromatic nitrogens is 1. The molecule has 0 saturated heterocycles. The Morgan fingerprint density at radius 3 is 2.08 bits per heavy atom. The van der Waals surface area contributed by atoms with E-state index in [0.29, 0.717) is 0 Å². The van der Waals surface area contributed by atoms with Crippen LogP contribution in [0.4, 0.5) is 17.1 Å². The number of pyridine rings is 1. The first kappa shape index (κ1) is 23.1. The molecular formula is C32H24AlN2O2. The number of hydrogen-bond donors (Lipinski definition) is 0. The van der Waals surface area contributed by atoms with E-state index in [1.807, 2.05) is 49.4 Å². The lowest BCUT2D eigenvalue weighted by Crippen LogP contribution is -2.12. The van der Waals surface area contributed by atoms with Crippen molar-refractivity contribution in [2.45, 2.75) is 6.92 Å². The molecule has 177 valence electrons. The fourth-order valence-corrected chi connectivity index (χ4v) is 5.07. The molecule has 0 aliphatic carbocycles. The van der Waals surface area contributed by atoms with Crippen molar-refractivity contribution < 1.29 is 7.58 Å². The molecular weight excluding hydrogens is 471 g/mol. The quantitative estimate of drug-likeness (QED) is 0.209. The van der Waals surface area contributed by atoms with Gasteiger partial charge in [-0.2, -0.15) is 0 Å². The highest BCUT2D eigenvalue weighted by atomic mass is 27.2.